The fourth-order valence-corrected chi connectivity index (χ4v) is 2.52. The van der Waals surface area contributed by atoms with Gasteiger partial charge in [-0.25, -0.2) is 4.79 Å². The Morgan fingerprint density at radius 1 is 1.25 bits per heavy atom. The SMILES string of the molecule is C=C(CC(C#N)(Nc1ccc(Cl)cc1)c1ccccc1)C(=O)OC. The maximum atomic E-state index is 11.8. The number of anilines is 1. The fourth-order valence-electron chi connectivity index (χ4n) is 2.39. The first-order chi connectivity index (χ1) is 11.5. The molecule has 1 N–H and O–H groups in total. The number of rotatable bonds is 6. The quantitative estimate of drug-likeness (QED) is 0.629. The van der Waals surface area contributed by atoms with Crippen molar-refractivity contribution in [2.75, 3.05) is 12.4 Å². The molecule has 0 radical (unpaired) electrons. The molecular weight excluding hydrogens is 324 g/mol. The van der Waals surface area contributed by atoms with Gasteiger partial charge >= 0.3 is 5.97 Å². The Labute approximate surface area is 146 Å². The third-order valence-electron chi connectivity index (χ3n) is 3.61. The van der Waals surface area contributed by atoms with Crippen LogP contribution in [0.3, 0.4) is 0 Å². The Hall–Kier alpha value is -2.77. The third-order valence-corrected chi connectivity index (χ3v) is 3.86. The van der Waals surface area contributed by atoms with E-state index in [1.54, 1.807) is 24.3 Å². The number of hydrogen-bond donors (Lipinski definition) is 1. The van der Waals surface area contributed by atoms with Crippen LogP contribution in [0.4, 0.5) is 5.69 Å². The van der Waals surface area contributed by atoms with Crippen molar-refractivity contribution in [3.63, 3.8) is 0 Å². The zero-order chi connectivity index (χ0) is 17.6. The van der Waals surface area contributed by atoms with Gasteiger partial charge in [0.2, 0.25) is 0 Å². The van der Waals surface area contributed by atoms with Crippen molar-refractivity contribution in [2.45, 2.75) is 12.0 Å². The maximum Gasteiger partial charge on any atom is 0.333 e. The zero-order valence-electron chi connectivity index (χ0n) is 13.3. The molecule has 2 aromatic rings. The van der Waals surface area contributed by atoms with Gasteiger partial charge in [-0.15, -0.1) is 0 Å². The average Bonchev–Trinajstić information content (AvgIpc) is 2.62. The molecule has 24 heavy (non-hydrogen) atoms. The summed E-state index contributed by atoms with van der Waals surface area (Å²) in [6, 6.07) is 18.5. The van der Waals surface area contributed by atoms with Crippen molar-refractivity contribution in [1.82, 2.24) is 0 Å². The van der Waals surface area contributed by atoms with Crippen molar-refractivity contribution in [3.05, 3.63) is 77.3 Å². The second kappa shape index (κ2) is 7.67. The number of nitriles is 1. The van der Waals surface area contributed by atoms with Crippen LogP contribution in [-0.4, -0.2) is 13.1 Å². The van der Waals surface area contributed by atoms with Crippen LogP contribution in [0.1, 0.15) is 12.0 Å². The molecule has 1 atom stereocenters. The van der Waals surface area contributed by atoms with Crippen LogP contribution in [-0.2, 0) is 15.1 Å². The molecule has 0 heterocycles. The molecule has 0 fully saturated rings. The number of nitrogens with zero attached hydrogens (tertiary/aromatic N) is 1. The van der Waals surface area contributed by atoms with Crippen LogP contribution >= 0.6 is 11.6 Å². The summed E-state index contributed by atoms with van der Waals surface area (Å²) in [6.45, 7) is 3.75. The van der Waals surface area contributed by atoms with E-state index in [0.29, 0.717) is 10.7 Å². The van der Waals surface area contributed by atoms with E-state index >= 15 is 0 Å². The standard InChI is InChI=1S/C19H17ClN2O2/c1-14(18(23)24-2)12-19(13-21,15-6-4-3-5-7-15)22-17-10-8-16(20)9-11-17/h3-11,22H,1,12H2,2H3. The van der Waals surface area contributed by atoms with Crippen molar-refractivity contribution >= 4 is 23.3 Å². The number of benzene rings is 2. The second-order valence-corrected chi connectivity index (χ2v) is 5.72. The van der Waals surface area contributed by atoms with Crippen LogP contribution < -0.4 is 5.32 Å². The Morgan fingerprint density at radius 2 is 1.88 bits per heavy atom. The minimum absolute atomic E-state index is 0.0861. The van der Waals surface area contributed by atoms with E-state index in [9.17, 15) is 10.1 Å². The van der Waals surface area contributed by atoms with Gasteiger partial charge in [-0.05, 0) is 29.8 Å². The molecule has 0 aliphatic carbocycles. The summed E-state index contributed by atoms with van der Waals surface area (Å²) >= 11 is 5.91. The number of carbonyl (C=O) groups is 1. The number of esters is 1. The molecule has 5 heteroatoms. The van der Waals surface area contributed by atoms with E-state index < -0.39 is 11.5 Å². The summed E-state index contributed by atoms with van der Waals surface area (Å²) in [5, 5.41) is 13.7. The van der Waals surface area contributed by atoms with Crippen LogP contribution in [0.5, 0.6) is 0 Å². The number of ether oxygens (including phenoxy) is 1. The molecule has 0 saturated carbocycles. The van der Waals surface area contributed by atoms with Crippen molar-refractivity contribution in [2.24, 2.45) is 0 Å². The van der Waals surface area contributed by atoms with Gasteiger partial charge in [-0.1, -0.05) is 48.5 Å². The molecular formula is C19H17ClN2O2. The lowest BCUT2D eigenvalue weighted by molar-refractivity contribution is -0.136. The van der Waals surface area contributed by atoms with Gasteiger partial charge in [0.05, 0.1) is 13.2 Å². The Bertz CT molecular complexity index is 766. The second-order valence-electron chi connectivity index (χ2n) is 5.29. The largest absolute Gasteiger partial charge is 0.466 e. The number of nitrogens with one attached hydrogen (secondary N) is 1. The van der Waals surface area contributed by atoms with Crippen LogP contribution in [0.15, 0.2) is 66.7 Å². The van der Waals surface area contributed by atoms with E-state index in [1.165, 1.54) is 7.11 Å². The molecule has 0 spiro atoms. The lowest BCUT2D eigenvalue weighted by Crippen LogP contribution is -2.35. The van der Waals surface area contributed by atoms with E-state index in [4.69, 9.17) is 16.3 Å². The Morgan fingerprint density at radius 3 is 2.42 bits per heavy atom. The lowest BCUT2D eigenvalue weighted by Gasteiger charge is -2.30. The molecule has 0 aliphatic heterocycles. The monoisotopic (exact) mass is 340 g/mol. The summed E-state index contributed by atoms with van der Waals surface area (Å²) in [6.07, 6.45) is 0.0861. The Kier molecular flexibility index (Phi) is 5.62. The molecule has 0 amide bonds. The molecule has 4 nitrogen and oxygen atoms in total. The normalized spacial score (nSPS) is 12.5. The lowest BCUT2D eigenvalue weighted by atomic mass is 9.84. The van der Waals surface area contributed by atoms with Crippen molar-refractivity contribution in [3.8, 4) is 6.07 Å². The number of methoxy groups -OCH3 is 1. The number of carbonyl (C=O) groups excluding carboxylic acids is 1. The molecule has 122 valence electrons. The first-order valence-electron chi connectivity index (χ1n) is 7.27. The smallest absolute Gasteiger partial charge is 0.333 e. The highest BCUT2D eigenvalue weighted by atomic mass is 35.5. The molecule has 0 bridgehead atoms. The maximum absolute atomic E-state index is 11.8. The van der Waals surface area contributed by atoms with E-state index in [2.05, 4.69) is 18.0 Å². The highest BCUT2D eigenvalue weighted by molar-refractivity contribution is 6.30. The first-order valence-corrected chi connectivity index (χ1v) is 7.65. The minimum Gasteiger partial charge on any atom is -0.466 e. The highest BCUT2D eigenvalue weighted by Gasteiger charge is 2.34. The predicted octanol–water partition coefficient (Wildman–Crippen LogP) is 4.29. The Balaban J connectivity index is 2.43. The van der Waals surface area contributed by atoms with Gasteiger partial charge < -0.3 is 10.1 Å². The van der Waals surface area contributed by atoms with Gasteiger partial charge in [-0.3, -0.25) is 0 Å². The van der Waals surface area contributed by atoms with Crippen LogP contribution in [0, 0.1) is 11.3 Å². The van der Waals surface area contributed by atoms with Crippen molar-refractivity contribution in [1.29, 1.82) is 5.26 Å². The minimum atomic E-state index is -1.15. The molecule has 0 aromatic heterocycles. The summed E-state index contributed by atoms with van der Waals surface area (Å²) in [4.78, 5) is 11.8. The van der Waals surface area contributed by atoms with E-state index in [0.717, 1.165) is 5.56 Å². The number of halogens is 1. The van der Waals surface area contributed by atoms with Gasteiger partial charge in [-0.2, -0.15) is 5.26 Å². The van der Waals surface area contributed by atoms with Crippen LogP contribution in [0.2, 0.25) is 5.02 Å². The molecule has 2 rings (SSSR count). The summed E-state index contributed by atoms with van der Waals surface area (Å²) in [7, 11) is 1.29. The number of hydrogen-bond acceptors (Lipinski definition) is 4. The first kappa shape index (κ1) is 17.6. The van der Waals surface area contributed by atoms with Gasteiger partial charge in [0.1, 0.15) is 0 Å². The van der Waals surface area contributed by atoms with E-state index in [-0.39, 0.29) is 12.0 Å². The summed E-state index contributed by atoms with van der Waals surface area (Å²) in [5.74, 6) is -0.538. The molecule has 0 saturated heterocycles. The topological polar surface area (TPSA) is 62.1 Å². The van der Waals surface area contributed by atoms with E-state index in [1.807, 2.05) is 30.3 Å². The fraction of sp³-hybridized carbons (Fsp3) is 0.158. The van der Waals surface area contributed by atoms with Crippen molar-refractivity contribution < 1.29 is 9.53 Å². The van der Waals surface area contributed by atoms with Gasteiger partial charge in [0.25, 0.3) is 0 Å². The average molecular weight is 341 g/mol. The summed E-state index contributed by atoms with van der Waals surface area (Å²) < 4.78 is 4.71. The summed E-state index contributed by atoms with van der Waals surface area (Å²) in [5.41, 5.74) is 0.500. The third kappa shape index (κ3) is 3.95. The molecule has 1 unspecified atom stereocenters. The van der Waals surface area contributed by atoms with Gasteiger partial charge in [0, 0.05) is 22.7 Å². The zero-order valence-corrected chi connectivity index (χ0v) is 14.0. The molecule has 2 aromatic carbocycles. The predicted molar refractivity (Wildman–Crippen MR) is 94.6 cm³/mol. The van der Waals surface area contributed by atoms with Gasteiger partial charge in [0.15, 0.2) is 5.54 Å². The van der Waals surface area contributed by atoms with Crippen LogP contribution in [0.25, 0.3) is 0 Å². The molecule has 0 aliphatic rings. The highest BCUT2D eigenvalue weighted by Crippen LogP contribution is 2.32.